The van der Waals surface area contributed by atoms with Crippen LogP contribution in [0.5, 0.6) is 0 Å². The molecule has 3 unspecified atom stereocenters. The van der Waals surface area contributed by atoms with Crippen molar-refractivity contribution in [3.05, 3.63) is 0 Å². The van der Waals surface area contributed by atoms with E-state index in [9.17, 15) is 4.79 Å². The highest BCUT2D eigenvalue weighted by Crippen LogP contribution is 2.22. The summed E-state index contributed by atoms with van der Waals surface area (Å²) >= 11 is 0. The van der Waals surface area contributed by atoms with E-state index in [1.165, 1.54) is 0 Å². The van der Waals surface area contributed by atoms with Gasteiger partial charge in [0.2, 0.25) is 5.91 Å². The number of carbonyl (C=O) groups excluding carboxylic acids is 1. The van der Waals surface area contributed by atoms with E-state index in [-0.39, 0.29) is 23.5 Å². The van der Waals surface area contributed by atoms with E-state index in [0.29, 0.717) is 19.8 Å². The second kappa shape index (κ2) is 5.99. The van der Waals surface area contributed by atoms with Crippen LogP contribution >= 0.6 is 0 Å². The van der Waals surface area contributed by atoms with Gasteiger partial charge in [-0.25, -0.2) is 0 Å². The van der Waals surface area contributed by atoms with E-state index in [2.05, 4.69) is 17.6 Å². The van der Waals surface area contributed by atoms with Crippen LogP contribution in [0.3, 0.4) is 0 Å². The van der Waals surface area contributed by atoms with Crippen molar-refractivity contribution in [3.63, 3.8) is 0 Å². The van der Waals surface area contributed by atoms with E-state index in [1.54, 1.807) is 7.11 Å². The van der Waals surface area contributed by atoms with Gasteiger partial charge in [-0.2, -0.15) is 0 Å². The average Bonchev–Trinajstić information content (AvgIpc) is 2.86. The third-order valence-corrected chi connectivity index (χ3v) is 4.18. The van der Waals surface area contributed by atoms with Gasteiger partial charge >= 0.3 is 0 Å². The fourth-order valence-electron chi connectivity index (χ4n) is 2.74. The highest BCUT2D eigenvalue weighted by molar-refractivity contribution is 5.79. The first-order chi connectivity index (χ1) is 8.67. The summed E-state index contributed by atoms with van der Waals surface area (Å²) in [7, 11) is 1.69. The number of methoxy groups -OCH3 is 1. The summed E-state index contributed by atoms with van der Waals surface area (Å²) in [5, 5.41) is 6.38. The molecule has 0 aromatic rings. The zero-order chi connectivity index (χ0) is 13.0. The highest BCUT2D eigenvalue weighted by atomic mass is 16.5. The molecule has 2 aliphatic rings. The smallest absolute Gasteiger partial charge is 0.224 e. The van der Waals surface area contributed by atoms with Gasteiger partial charge in [0.1, 0.15) is 5.60 Å². The van der Waals surface area contributed by atoms with Crippen molar-refractivity contribution in [1.82, 2.24) is 10.6 Å². The molecular formula is C13H24N2O3. The lowest BCUT2D eigenvalue weighted by atomic mass is 9.91. The van der Waals surface area contributed by atoms with Crippen LogP contribution < -0.4 is 10.6 Å². The van der Waals surface area contributed by atoms with Crippen molar-refractivity contribution in [1.29, 1.82) is 0 Å². The van der Waals surface area contributed by atoms with E-state index < -0.39 is 0 Å². The van der Waals surface area contributed by atoms with Gasteiger partial charge in [-0.05, 0) is 26.3 Å². The molecule has 0 aliphatic carbocycles. The molecule has 0 radical (unpaired) electrons. The number of piperidine rings is 1. The monoisotopic (exact) mass is 256 g/mol. The van der Waals surface area contributed by atoms with Gasteiger partial charge in [-0.15, -0.1) is 0 Å². The molecule has 2 rings (SSSR count). The molecule has 104 valence electrons. The molecule has 18 heavy (non-hydrogen) atoms. The summed E-state index contributed by atoms with van der Waals surface area (Å²) in [4.78, 5) is 12.2. The van der Waals surface area contributed by atoms with Crippen molar-refractivity contribution in [2.75, 3.05) is 33.4 Å². The minimum atomic E-state index is -0.318. The Bertz CT molecular complexity index is 290. The van der Waals surface area contributed by atoms with Gasteiger partial charge in [0.25, 0.3) is 0 Å². The molecule has 0 aromatic heterocycles. The first kappa shape index (κ1) is 13.8. The number of hydrogen-bond acceptors (Lipinski definition) is 4. The predicted molar refractivity (Wildman–Crippen MR) is 68.4 cm³/mol. The maximum Gasteiger partial charge on any atom is 0.224 e. The fraction of sp³-hybridized carbons (Fsp3) is 0.923. The average molecular weight is 256 g/mol. The zero-order valence-corrected chi connectivity index (χ0v) is 11.3. The Hall–Kier alpha value is -0.650. The highest BCUT2D eigenvalue weighted by Gasteiger charge is 2.36. The molecule has 2 N–H and O–H groups in total. The van der Waals surface area contributed by atoms with E-state index in [4.69, 9.17) is 9.47 Å². The van der Waals surface area contributed by atoms with Gasteiger partial charge in [0, 0.05) is 32.7 Å². The van der Waals surface area contributed by atoms with Crippen LogP contribution in [0.4, 0.5) is 0 Å². The Labute approximate surface area is 109 Å². The van der Waals surface area contributed by atoms with Crippen molar-refractivity contribution in [2.24, 2.45) is 5.92 Å². The van der Waals surface area contributed by atoms with Crippen LogP contribution in [0.15, 0.2) is 0 Å². The van der Waals surface area contributed by atoms with E-state index in [0.717, 1.165) is 25.8 Å². The van der Waals surface area contributed by atoms with Crippen LogP contribution in [0.25, 0.3) is 0 Å². The summed E-state index contributed by atoms with van der Waals surface area (Å²) in [6.45, 7) is 4.92. The number of rotatable bonds is 4. The van der Waals surface area contributed by atoms with Gasteiger partial charge < -0.3 is 20.1 Å². The Kier molecular flexibility index (Phi) is 4.59. The second-order valence-electron chi connectivity index (χ2n) is 5.40. The molecule has 1 amide bonds. The maximum atomic E-state index is 12.2. The zero-order valence-electron chi connectivity index (χ0n) is 11.3. The lowest BCUT2D eigenvalue weighted by Gasteiger charge is -2.31. The summed E-state index contributed by atoms with van der Waals surface area (Å²) in [5.41, 5.74) is -0.318. The maximum absolute atomic E-state index is 12.2. The molecule has 0 aromatic carbocycles. The Morgan fingerprint density at radius 1 is 1.61 bits per heavy atom. The molecule has 0 bridgehead atoms. The van der Waals surface area contributed by atoms with Gasteiger partial charge in [-0.3, -0.25) is 4.79 Å². The lowest BCUT2D eigenvalue weighted by molar-refractivity contribution is -0.128. The third-order valence-electron chi connectivity index (χ3n) is 4.18. The molecule has 2 fully saturated rings. The van der Waals surface area contributed by atoms with Crippen LogP contribution in [0.1, 0.15) is 26.2 Å². The number of nitrogens with one attached hydrogen (secondary N) is 2. The number of carbonyl (C=O) groups is 1. The SMILES string of the molecule is COC1(CNC(=O)C2CCCNC2C)CCOC1. The Morgan fingerprint density at radius 2 is 2.44 bits per heavy atom. The minimum Gasteiger partial charge on any atom is -0.378 e. The predicted octanol–water partition coefficient (Wildman–Crippen LogP) is 0.296. The molecule has 2 saturated heterocycles. The summed E-state index contributed by atoms with van der Waals surface area (Å²) in [6.07, 6.45) is 2.89. The summed E-state index contributed by atoms with van der Waals surface area (Å²) < 4.78 is 10.9. The van der Waals surface area contributed by atoms with Crippen LogP contribution in [-0.2, 0) is 14.3 Å². The largest absolute Gasteiger partial charge is 0.378 e. The molecule has 3 atom stereocenters. The molecule has 0 spiro atoms. The first-order valence-electron chi connectivity index (χ1n) is 6.81. The van der Waals surface area contributed by atoms with Crippen molar-refractivity contribution < 1.29 is 14.3 Å². The topological polar surface area (TPSA) is 59.6 Å². The molecule has 5 nitrogen and oxygen atoms in total. The minimum absolute atomic E-state index is 0.0787. The number of ether oxygens (including phenoxy) is 2. The molecule has 5 heteroatoms. The molecular weight excluding hydrogens is 232 g/mol. The Balaban J connectivity index is 1.83. The molecule has 0 saturated carbocycles. The van der Waals surface area contributed by atoms with Gasteiger partial charge in [0.05, 0.1) is 12.5 Å². The van der Waals surface area contributed by atoms with Gasteiger partial charge in [0.15, 0.2) is 0 Å². The van der Waals surface area contributed by atoms with Crippen LogP contribution in [-0.4, -0.2) is 51.0 Å². The van der Waals surface area contributed by atoms with Crippen LogP contribution in [0.2, 0.25) is 0 Å². The Morgan fingerprint density at radius 3 is 3.06 bits per heavy atom. The molecule has 2 aliphatic heterocycles. The standard InChI is InChI=1S/C13H24N2O3/c1-10-11(4-3-6-14-10)12(16)15-8-13(17-2)5-7-18-9-13/h10-11,14H,3-9H2,1-2H3,(H,15,16). The number of amides is 1. The third kappa shape index (κ3) is 3.02. The second-order valence-corrected chi connectivity index (χ2v) is 5.40. The summed E-state index contributed by atoms with van der Waals surface area (Å²) in [5.74, 6) is 0.216. The normalized spacial score (nSPS) is 36.6. The van der Waals surface area contributed by atoms with E-state index in [1.807, 2.05) is 0 Å². The fourth-order valence-corrected chi connectivity index (χ4v) is 2.74. The van der Waals surface area contributed by atoms with Crippen LogP contribution in [0, 0.1) is 5.92 Å². The van der Waals surface area contributed by atoms with Crippen molar-refractivity contribution in [2.45, 2.75) is 37.8 Å². The molecule has 2 heterocycles. The lowest BCUT2D eigenvalue weighted by Crippen LogP contribution is -2.51. The number of hydrogen-bond donors (Lipinski definition) is 2. The van der Waals surface area contributed by atoms with Gasteiger partial charge in [-0.1, -0.05) is 0 Å². The van der Waals surface area contributed by atoms with Crippen molar-refractivity contribution >= 4 is 5.91 Å². The van der Waals surface area contributed by atoms with Crippen molar-refractivity contribution in [3.8, 4) is 0 Å². The first-order valence-corrected chi connectivity index (χ1v) is 6.81. The quantitative estimate of drug-likeness (QED) is 0.759. The summed E-state index contributed by atoms with van der Waals surface area (Å²) in [6, 6.07) is 0.261. The van der Waals surface area contributed by atoms with E-state index >= 15 is 0 Å².